The lowest BCUT2D eigenvalue weighted by Gasteiger charge is -2.32. The first-order valence-electron chi connectivity index (χ1n) is 6.04. The zero-order valence-electron chi connectivity index (χ0n) is 10.1. The molecule has 0 amide bonds. The van der Waals surface area contributed by atoms with Gasteiger partial charge in [-0.15, -0.1) is 0 Å². The van der Waals surface area contributed by atoms with Crippen LogP contribution >= 0.6 is 11.8 Å². The van der Waals surface area contributed by atoms with Gasteiger partial charge >= 0.3 is 0 Å². The predicted octanol–water partition coefficient (Wildman–Crippen LogP) is 2.75. The van der Waals surface area contributed by atoms with Gasteiger partial charge in [0.05, 0.1) is 12.0 Å². The normalized spacial score (nSPS) is 27.9. The topological polar surface area (TPSA) is 43.8 Å². The summed E-state index contributed by atoms with van der Waals surface area (Å²) in [6.07, 6.45) is 11.4. The molecule has 4 heteroatoms. The fourth-order valence-corrected chi connectivity index (χ4v) is 3.60. The average Bonchev–Trinajstić information content (AvgIpc) is 2.77. The molecule has 0 bridgehead atoms. The maximum atomic E-state index is 5.98. The van der Waals surface area contributed by atoms with E-state index >= 15 is 0 Å². The van der Waals surface area contributed by atoms with Gasteiger partial charge in [0, 0.05) is 23.5 Å². The van der Waals surface area contributed by atoms with Crippen molar-refractivity contribution < 1.29 is 0 Å². The lowest BCUT2D eigenvalue weighted by Crippen LogP contribution is -2.27. The quantitative estimate of drug-likeness (QED) is 0.882. The first kappa shape index (κ1) is 12.0. The lowest BCUT2D eigenvalue weighted by atomic mass is 9.94. The molecule has 16 heavy (non-hydrogen) atoms. The number of hydrogen-bond donors (Lipinski definition) is 1. The summed E-state index contributed by atoms with van der Waals surface area (Å²) in [4.78, 5) is 4.26. The number of aromatic nitrogens is 2. The van der Waals surface area contributed by atoms with Gasteiger partial charge in [-0.05, 0) is 26.0 Å². The number of rotatable bonds is 3. The van der Waals surface area contributed by atoms with E-state index in [1.165, 1.54) is 31.4 Å². The average molecular weight is 239 g/mol. The molecule has 3 unspecified atom stereocenters. The molecule has 3 nitrogen and oxygen atoms in total. The van der Waals surface area contributed by atoms with Crippen molar-refractivity contribution in [2.24, 2.45) is 5.73 Å². The van der Waals surface area contributed by atoms with E-state index in [4.69, 9.17) is 5.73 Å². The van der Waals surface area contributed by atoms with E-state index in [0.29, 0.717) is 6.04 Å². The van der Waals surface area contributed by atoms with Crippen molar-refractivity contribution >= 4 is 11.8 Å². The predicted molar refractivity (Wildman–Crippen MR) is 69.6 cm³/mol. The number of imidazole rings is 1. The van der Waals surface area contributed by atoms with Crippen molar-refractivity contribution in [2.45, 2.75) is 49.9 Å². The number of thioether (sulfide) groups is 1. The lowest BCUT2D eigenvalue weighted by molar-refractivity contribution is 0.354. The minimum absolute atomic E-state index is 0.0759. The molecule has 1 aliphatic rings. The third-order valence-corrected chi connectivity index (χ3v) is 4.65. The summed E-state index contributed by atoms with van der Waals surface area (Å²) in [5.41, 5.74) is 7.16. The number of hydrogen-bond acceptors (Lipinski definition) is 3. The first-order valence-corrected chi connectivity index (χ1v) is 7.33. The van der Waals surface area contributed by atoms with Gasteiger partial charge in [0.2, 0.25) is 0 Å². The first-order chi connectivity index (χ1) is 7.74. The molecular formula is C12H21N3S. The molecule has 1 fully saturated rings. The zero-order valence-corrected chi connectivity index (χ0v) is 10.9. The van der Waals surface area contributed by atoms with Crippen molar-refractivity contribution in [1.29, 1.82) is 0 Å². The Kier molecular flexibility index (Phi) is 3.92. The molecule has 90 valence electrons. The molecule has 1 saturated carbocycles. The minimum Gasteiger partial charge on any atom is -0.329 e. The highest BCUT2D eigenvalue weighted by Gasteiger charge is 2.27. The van der Waals surface area contributed by atoms with Crippen LogP contribution in [0.25, 0.3) is 0 Å². The van der Waals surface area contributed by atoms with Crippen LogP contribution in [-0.4, -0.2) is 21.1 Å². The maximum absolute atomic E-state index is 5.98. The Bertz CT molecular complexity index is 335. The molecular weight excluding hydrogens is 218 g/mol. The highest BCUT2D eigenvalue weighted by atomic mass is 32.2. The van der Waals surface area contributed by atoms with E-state index in [1.54, 1.807) is 0 Å². The van der Waals surface area contributed by atoms with Crippen LogP contribution in [0.3, 0.4) is 0 Å². The van der Waals surface area contributed by atoms with Crippen LogP contribution in [0.5, 0.6) is 0 Å². The summed E-state index contributed by atoms with van der Waals surface area (Å²) < 4.78 is 2.31. The second-order valence-electron chi connectivity index (χ2n) is 4.64. The molecule has 1 aromatic rings. The number of nitrogens with two attached hydrogens (primary N) is 1. The van der Waals surface area contributed by atoms with Gasteiger partial charge in [-0.2, -0.15) is 11.8 Å². The van der Waals surface area contributed by atoms with Gasteiger partial charge in [-0.1, -0.05) is 12.8 Å². The fraction of sp³-hybridized carbons (Fsp3) is 0.750. The molecule has 0 aliphatic heterocycles. The Balaban J connectivity index is 2.23. The van der Waals surface area contributed by atoms with Gasteiger partial charge in [0.15, 0.2) is 0 Å². The summed E-state index contributed by atoms with van der Waals surface area (Å²) in [5, 5.41) is 0.723. The van der Waals surface area contributed by atoms with E-state index in [0.717, 1.165) is 5.25 Å². The SMILES string of the molecule is CSC1CCCCC1n1cncc1C(C)N. The van der Waals surface area contributed by atoms with Crippen LogP contribution in [0.4, 0.5) is 0 Å². The molecule has 2 rings (SSSR count). The fourth-order valence-electron chi connectivity index (χ4n) is 2.62. The third kappa shape index (κ3) is 2.28. The Morgan fingerprint density at radius 1 is 1.50 bits per heavy atom. The second-order valence-corrected chi connectivity index (χ2v) is 5.72. The van der Waals surface area contributed by atoms with Crippen LogP contribution in [-0.2, 0) is 0 Å². The molecule has 0 radical (unpaired) electrons. The number of nitrogens with zero attached hydrogens (tertiary/aromatic N) is 2. The van der Waals surface area contributed by atoms with Gasteiger partial charge in [0.1, 0.15) is 0 Å². The summed E-state index contributed by atoms with van der Waals surface area (Å²) in [7, 11) is 0. The summed E-state index contributed by atoms with van der Waals surface area (Å²) in [5.74, 6) is 0. The van der Waals surface area contributed by atoms with Crippen LogP contribution in [0.1, 0.15) is 50.4 Å². The van der Waals surface area contributed by atoms with Gasteiger partial charge < -0.3 is 10.3 Å². The van der Waals surface area contributed by atoms with E-state index in [1.807, 2.05) is 31.2 Å². The van der Waals surface area contributed by atoms with E-state index in [2.05, 4.69) is 15.8 Å². The van der Waals surface area contributed by atoms with Gasteiger partial charge in [-0.3, -0.25) is 0 Å². The molecule has 0 aromatic carbocycles. The van der Waals surface area contributed by atoms with Crippen molar-refractivity contribution in [3.05, 3.63) is 18.2 Å². The molecule has 1 aliphatic carbocycles. The van der Waals surface area contributed by atoms with E-state index in [-0.39, 0.29) is 6.04 Å². The molecule has 3 atom stereocenters. The molecule has 1 heterocycles. The molecule has 2 N–H and O–H groups in total. The van der Waals surface area contributed by atoms with Gasteiger partial charge in [-0.25, -0.2) is 4.98 Å². The largest absolute Gasteiger partial charge is 0.329 e. The van der Waals surface area contributed by atoms with Crippen LogP contribution in [0.2, 0.25) is 0 Å². The molecule has 0 spiro atoms. The summed E-state index contributed by atoms with van der Waals surface area (Å²) >= 11 is 1.98. The van der Waals surface area contributed by atoms with Crippen LogP contribution in [0, 0.1) is 0 Å². The van der Waals surface area contributed by atoms with E-state index < -0.39 is 0 Å². The zero-order chi connectivity index (χ0) is 11.5. The molecule has 0 saturated heterocycles. The monoisotopic (exact) mass is 239 g/mol. The Morgan fingerprint density at radius 3 is 2.94 bits per heavy atom. The Labute approximate surface area is 102 Å². The van der Waals surface area contributed by atoms with Crippen molar-refractivity contribution in [3.63, 3.8) is 0 Å². The van der Waals surface area contributed by atoms with Crippen molar-refractivity contribution in [3.8, 4) is 0 Å². The Hall–Kier alpha value is -0.480. The smallest absolute Gasteiger partial charge is 0.0951 e. The Morgan fingerprint density at radius 2 is 2.25 bits per heavy atom. The van der Waals surface area contributed by atoms with Crippen molar-refractivity contribution in [2.75, 3.05) is 6.26 Å². The van der Waals surface area contributed by atoms with Crippen molar-refractivity contribution in [1.82, 2.24) is 9.55 Å². The highest BCUT2D eigenvalue weighted by molar-refractivity contribution is 7.99. The van der Waals surface area contributed by atoms with E-state index in [9.17, 15) is 0 Å². The summed E-state index contributed by atoms with van der Waals surface area (Å²) in [6, 6.07) is 0.666. The minimum atomic E-state index is 0.0759. The van der Waals surface area contributed by atoms with Crippen LogP contribution < -0.4 is 5.73 Å². The van der Waals surface area contributed by atoms with Gasteiger partial charge in [0.25, 0.3) is 0 Å². The maximum Gasteiger partial charge on any atom is 0.0951 e. The highest BCUT2D eigenvalue weighted by Crippen LogP contribution is 2.36. The van der Waals surface area contributed by atoms with Crippen LogP contribution in [0.15, 0.2) is 12.5 Å². The molecule has 1 aromatic heterocycles. The standard InChI is InChI=1S/C12H21N3S/c1-9(13)11-7-14-8-15(11)10-5-3-4-6-12(10)16-2/h7-10,12H,3-6,13H2,1-2H3. The third-order valence-electron chi connectivity index (χ3n) is 3.49. The summed E-state index contributed by atoms with van der Waals surface area (Å²) in [6.45, 7) is 2.03. The second kappa shape index (κ2) is 5.23.